The molecule has 0 heterocycles. The van der Waals surface area contributed by atoms with Crippen molar-refractivity contribution < 1.29 is 42.1 Å². The van der Waals surface area contributed by atoms with Crippen molar-refractivity contribution in [2.75, 3.05) is 47.5 Å². The number of quaternary nitrogens is 1. The third kappa shape index (κ3) is 55.1. The molecule has 0 amide bonds. The van der Waals surface area contributed by atoms with E-state index < -0.39 is 32.5 Å². The number of nitrogens with zero attached hydrogens (tertiary/aromatic N) is 1. The van der Waals surface area contributed by atoms with Crippen LogP contribution in [0.1, 0.15) is 174 Å². The van der Waals surface area contributed by atoms with Gasteiger partial charge in [0.2, 0.25) is 0 Å². The maximum absolute atomic E-state index is 12.7. The van der Waals surface area contributed by atoms with E-state index in [0.29, 0.717) is 17.4 Å². The van der Waals surface area contributed by atoms with Gasteiger partial charge in [0.15, 0.2) is 6.10 Å². The van der Waals surface area contributed by atoms with Gasteiger partial charge in [-0.2, -0.15) is 0 Å². The summed E-state index contributed by atoms with van der Waals surface area (Å²) < 4.78 is 33.8. The Morgan fingerprint density at radius 3 is 1.20 bits per heavy atom. The zero-order valence-corrected chi connectivity index (χ0v) is 46.0. The van der Waals surface area contributed by atoms with E-state index in [4.69, 9.17) is 18.5 Å². The summed E-state index contributed by atoms with van der Waals surface area (Å²) in [7, 11) is 1.11. The maximum Gasteiger partial charge on any atom is 0.306 e. The van der Waals surface area contributed by atoms with Crippen molar-refractivity contribution in [3.8, 4) is 0 Å². The minimum Gasteiger partial charge on any atom is -0.756 e. The van der Waals surface area contributed by atoms with Gasteiger partial charge < -0.3 is 27.9 Å². The van der Waals surface area contributed by atoms with Crippen molar-refractivity contribution >= 4 is 19.8 Å². The molecule has 2 unspecified atom stereocenters. The van der Waals surface area contributed by atoms with Gasteiger partial charge in [-0.1, -0.05) is 205 Å². The standard InChI is InChI=1S/C61H98NO8P/c1-6-8-10-12-14-16-17-18-19-20-21-22-23-24-25-26-27-28-29-30-31-32-33-34-35-36-37-38-39-40-41-42-43-44-45-46-48-50-52-54-61(64)70-59(58-69-71(65,66)68-56-55-62(3,4)5)57-67-60(63)53-51-49-47-15-13-11-9-7-2/h8,10,14,16,18-19,21-22,24-25,27-28,30-31,33-34,36-37,39-40,42-43,45-46,59H,6-7,9,11-13,15,17,20,23,26,29,32,35,38,41,44,47-58H2,1-5H3/b10-8-,16-14-,19-18-,22-21-,25-24-,28-27-,31-30-,34-33-,37-36-,40-39-,43-42-,46-45-. The molecule has 0 aromatic heterocycles. The Labute approximate surface area is 433 Å². The highest BCUT2D eigenvalue weighted by Crippen LogP contribution is 2.38. The van der Waals surface area contributed by atoms with Gasteiger partial charge in [-0.25, -0.2) is 0 Å². The van der Waals surface area contributed by atoms with E-state index in [0.717, 1.165) is 116 Å². The third-order valence-corrected chi connectivity index (χ3v) is 11.6. The van der Waals surface area contributed by atoms with E-state index in [2.05, 4.69) is 160 Å². The lowest BCUT2D eigenvalue weighted by molar-refractivity contribution is -0.870. The highest BCUT2D eigenvalue weighted by Gasteiger charge is 2.21. The molecular weight excluding hydrogens is 906 g/mol. The second-order valence-electron chi connectivity index (χ2n) is 18.5. The molecule has 0 radical (unpaired) electrons. The monoisotopic (exact) mass is 1000 g/mol. The highest BCUT2D eigenvalue weighted by atomic mass is 31.2. The zero-order chi connectivity index (χ0) is 52.0. The van der Waals surface area contributed by atoms with Crippen LogP contribution in [-0.4, -0.2) is 70.0 Å². The summed E-state index contributed by atoms with van der Waals surface area (Å²) in [4.78, 5) is 37.5. The lowest BCUT2D eigenvalue weighted by Crippen LogP contribution is -2.37. The summed E-state index contributed by atoms with van der Waals surface area (Å²) in [6.45, 7) is 3.99. The first-order valence-corrected chi connectivity index (χ1v) is 28.5. The van der Waals surface area contributed by atoms with Crippen LogP contribution in [0.5, 0.6) is 0 Å². The molecule has 0 aromatic rings. The molecule has 0 aliphatic rings. The molecule has 0 saturated heterocycles. The van der Waals surface area contributed by atoms with Gasteiger partial charge in [0, 0.05) is 12.8 Å². The summed E-state index contributed by atoms with van der Waals surface area (Å²) in [6, 6.07) is 0. The fourth-order valence-corrected chi connectivity index (χ4v) is 7.19. The molecule has 0 aliphatic carbocycles. The predicted octanol–water partition coefficient (Wildman–Crippen LogP) is 16.1. The summed E-state index contributed by atoms with van der Waals surface area (Å²) in [5.74, 6) is -0.903. The molecule has 0 fully saturated rings. The Hall–Kier alpha value is -4.11. The Balaban J connectivity index is 4.18. The molecule has 0 spiro atoms. The molecular formula is C61H98NO8P. The molecule has 400 valence electrons. The molecule has 0 saturated carbocycles. The van der Waals surface area contributed by atoms with E-state index >= 15 is 0 Å². The van der Waals surface area contributed by atoms with Crippen LogP contribution in [0, 0.1) is 0 Å². The number of unbranched alkanes of at least 4 members (excludes halogenated alkanes) is 9. The molecule has 0 N–H and O–H groups in total. The Kier molecular flexibility index (Phi) is 47.9. The smallest absolute Gasteiger partial charge is 0.306 e. The topological polar surface area (TPSA) is 111 Å². The van der Waals surface area contributed by atoms with Crippen molar-refractivity contribution in [2.45, 2.75) is 180 Å². The minimum absolute atomic E-state index is 0.0464. The number of allylic oxidation sites excluding steroid dienone is 24. The van der Waals surface area contributed by atoms with Crippen molar-refractivity contribution in [3.63, 3.8) is 0 Å². The summed E-state index contributed by atoms with van der Waals surface area (Å²) in [5.41, 5.74) is 0. The quantitative estimate of drug-likeness (QED) is 0.0195. The minimum atomic E-state index is -4.64. The number of phosphoric acid groups is 1. The third-order valence-electron chi connectivity index (χ3n) is 10.6. The van der Waals surface area contributed by atoms with Gasteiger partial charge in [0.05, 0.1) is 27.7 Å². The molecule has 0 bridgehead atoms. The summed E-state index contributed by atoms with van der Waals surface area (Å²) in [6.07, 6.45) is 75.0. The number of rotatable bonds is 47. The van der Waals surface area contributed by atoms with E-state index in [-0.39, 0.29) is 26.1 Å². The van der Waals surface area contributed by atoms with Crippen LogP contribution in [0.15, 0.2) is 146 Å². The number of carbonyl (C=O) groups is 2. The Morgan fingerprint density at radius 1 is 0.451 bits per heavy atom. The largest absolute Gasteiger partial charge is 0.756 e. The van der Waals surface area contributed by atoms with Crippen LogP contribution < -0.4 is 4.89 Å². The van der Waals surface area contributed by atoms with Gasteiger partial charge >= 0.3 is 11.9 Å². The second kappa shape index (κ2) is 50.8. The normalized spacial score (nSPS) is 14.5. The van der Waals surface area contributed by atoms with Gasteiger partial charge in [-0.05, 0) is 103 Å². The maximum atomic E-state index is 12.7. The van der Waals surface area contributed by atoms with Crippen LogP contribution in [0.3, 0.4) is 0 Å². The summed E-state index contributed by atoms with van der Waals surface area (Å²) >= 11 is 0. The lowest BCUT2D eigenvalue weighted by atomic mass is 10.1. The van der Waals surface area contributed by atoms with Crippen molar-refractivity contribution in [1.82, 2.24) is 0 Å². The van der Waals surface area contributed by atoms with Crippen molar-refractivity contribution in [2.24, 2.45) is 0 Å². The number of hydrogen-bond acceptors (Lipinski definition) is 8. The van der Waals surface area contributed by atoms with Crippen LogP contribution >= 0.6 is 7.82 Å². The molecule has 2 atom stereocenters. The van der Waals surface area contributed by atoms with Gasteiger partial charge in [-0.3, -0.25) is 14.2 Å². The number of esters is 2. The zero-order valence-electron chi connectivity index (χ0n) is 45.1. The van der Waals surface area contributed by atoms with E-state index in [1.165, 1.54) is 25.7 Å². The van der Waals surface area contributed by atoms with Crippen molar-refractivity contribution in [1.29, 1.82) is 0 Å². The highest BCUT2D eigenvalue weighted by molar-refractivity contribution is 7.45. The van der Waals surface area contributed by atoms with E-state index in [9.17, 15) is 19.0 Å². The number of phosphoric ester groups is 1. The predicted molar refractivity (Wildman–Crippen MR) is 300 cm³/mol. The SMILES string of the molecule is CC/C=C\C/C=C\C/C=C\C/C=C\C/C=C\C/C=C\C/C=C\C/C=C\C/C=C\C/C=C\C/C=C\C/C=C\CCCCC(=O)OC(COC(=O)CCCCCCCCCC)COP(=O)([O-])OCC[N+](C)(C)C. The van der Waals surface area contributed by atoms with Crippen molar-refractivity contribution in [3.05, 3.63) is 146 Å². The van der Waals surface area contributed by atoms with Crippen LogP contribution in [0.2, 0.25) is 0 Å². The average Bonchev–Trinajstić information content (AvgIpc) is 3.33. The van der Waals surface area contributed by atoms with Crippen LogP contribution in [-0.2, 0) is 32.7 Å². The number of likely N-dealkylation sites (N-methyl/N-ethyl adjacent to an activating group) is 1. The molecule has 71 heavy (non-hydrogen) atoms. The molecule has 0 aromatic carbocycles. The molecule has 9 nitrogen and oxygen atoms in total. The Morgan fingerprint density at radius 2 is 0.803 bits per heavy atom. The number of ether oxygens (including phenoxy) is 2. The first-order valence-electron chi connectivity index (χ1n) is 27.0. The fourth-order valence-electron chi connectivity index (χ4n) is 6.46. The number of carbonyl (C=O) groups excluding carboxylic acids is 2. The fraction of sp³-hybridized carbons (Fsp3) is 0.574. The second-order valence-corrected chi connectivity index (χ2v) is 19.9. The first kappa shape index (κ1) is 66.9. The molecule has 10 heteroatoms. The van der Waals surface area contributed by atoms with E-state index in [1.54, 1.807) is 0 Å². The molecule has 0 aliphatic heterocycles. The number of hydrogen-bond donors (Lipinski definition) is 0. The van der Waals surface area contributed by atoms with E-state index in [1.807, 2.05) is 21.1 Å². The van der Waals surface area contributed by atoms with Gasteiger partial charge in [-0.15, -0.1) is 0 Å². The van der Waals surface area contributed by atoms with Crippen LogP contribution in [0.4, 0.5) is 0 Å². The van der Waals surface area contributed by atoms with Crippen LogP contribution in [0.25, 0.3) is 0 Å². The average molecular weight is 1000 g/mol. The Bertz CT molecular complexity index is 1700. The first-order chi connectivity index (χ1) is 34.5. The lowest BCUT2D eigenvalue weighted by Gasteiger charge is -2.28. The van der Waals surface area contributed by atoms with Gasteiger partial charge in [0.25, 0.3) is 7.82 Å². The van der Waals surface area contributed by atoms with Gasteiger partial charge in [0.1, 0.15) is 19.8 Å². The molecule has 0 rings (SSSR count). The summed E-state index contributed by atoms with van der Waals surface area (Å²) in [5, 5.41) is 0.